The predicted octanol–water partition coefficient (Wildman–Crippen LogP) is 2.40. The molecular formula is C13H12Cl3NO3. The zero-order valence-electron chi connectivity index (χ0n) is 10.4. The minimum absolute atomic E-state index is 0.388. The molecule has 1 aromatic rings. The second-order valence-corrected chi connectivity index (χ2v) is 5.49. The van der Waals surface area contributed by atoms with E-state index in [2.05, 4.69) is 0 Å². The number of benzene rings is 1. The maximum Gasteiger partial charge on any atom is 0.255 e. The highest BCUT2D eigenvalue weighted by molar-refractivity contribution is 6.76. The molecule has 108 valence electrons. The van der Waals surface area contributed by atoms with Crippen LogP contribution in [0.3, 0.4) is 0 Å². The molecule has 2 rings (SSSR count). The van der Waals surface area contributed by atoms with Gasteiger partial charge in [0, 0.05) is 18.1 Å². The number of nitrogens with zero attached hydrogens (tertiary/aromatic N) is 1. The summed E-state index contributed by atoms with van der Waals surface area (Å²) in [5, 5.41) is -1.17. The van der Waals surface area contributed by atoms with Gasteiger partial charge in [-0.2, -0.15) is 0 Å². The molecule has 1 fully saturated rings. The third-order valence-electron chi connectivity index (χ3n) is 3.32. The minimum atomic E-state index is -1.70. The van der Waals surface area contributed by atoms with Gasteiger partial charge in [0.05, 0.1) is 13.2 Å². The Balaban J connectivity index is 2.54. The lowest BCUT2D eigenvalue weighted by molar-refractivity contribution is -0.138. The summed E-state index contributed by atoms with van der Waals surface area (Å²) in [5.74, 6) is 0. The Hall–Kier alpha value is -0.650. The maximum atomic E-state index is 12.0. The Morgan fingerprint density at radius 1 is 1.05 bits per heavy atom. The first-order valence-corrected chi connectivity index (χ1v) is 7.11. The number of hydrogen-bond acceptors (Lipinski definition) is 4. The van der Waals surface area contributed by atoms with Gasteiger partial charge >= 0.3 is 0 Å². The molecule has 1 aromatic carbocycles. The van der Waals surface area contributed by atoms with Gasteiger partial charge in [-0.15, -0.1) is 0 Å². The Morgan fingerprint density at radius 2 is 1.55 bits per heavy atom. The molecule has 7 heteroatoms. The van der Waals surface area contributed by atoms with Gasteiger partial charge in [-0.3, -0.25) is 14.5 Å². The predicted molar refractivity (Wildman–Crippen MR) is 77.2 cm³/mol. The smallest absolute Gasteiger partial charge is 0.255 e. The normalized spacial score (nSPS) is 16.9. The summed E-state index contributed by atoms with van der Waals surface area (Å²) in [5.41, 5.74) is -1.29. The van der Waals surface area contributed by atoms with E-state index in [1.807, 2.05) is 0 Å². The second-order valence-electron chi connectivity index (χ2n) is 4.36. The number of carbonyl (C=O) groups excluding carboxylic acids is 2. The van der Waals surface area contributed by atoms with Crippen LogP contribution in [0.25, 0.3) is 0 Å². The number of carbonyl (C=O) groups is 2. The van der Waals surface area contributed by atoms with Crippen molar-refractivity contribution in [2.75, 3.05) is 26.3 Å². The largest absolute Gasteiger partial charge is 0.379 e. The number of halogens is 3. The minimum Gasteiger partial charge on any atom is -0.379 e. The van der Waals surface area contributed by atoms with Crippen LogP contribution < -0.4 is 0 Å². The molecular weight excluding hydrogens is 325 g/mol. The molecule has 0 atom stereocenters. The number of rotatable bonds is 4. The topological polar surface area (TPSA) is 46.6 Å². The van der Waals surface area contributed by atoms with Crippen LogP contribution in [-0.4, -0.2) is 41.7 Å². The highest BCUT2D eigenvalue weighted by Crippen LogP contribution is 2.35. The molecule has 0 aromatic heterocycles. The van der Waals surface area contributed by atoms with E-state index in [9.17, 15) is 9.59 Å². The van der Waals surface area contributed by atoms with Gasteiger partial charge in [0.1, 0.15) is 0 Å². The van der Waals surface area contributed by atoms with Gasteiger partial charge in [0.15, 0.2) is 5.54 Å². The van der Waals surface area contributed by atoms with Crippen molar-refractivity contribution in [3.8, 4) is 0 Å². The van der Waals surface area contributed by atoms with Crippen LogP contribution in [0.2, 0.25) is 5.02 Å². The van der Waals surface area contributed by atoms with E-state index in [0.717, 1.165) is 0 Å². The first-order chi connectivity index (χ1) is 9.49. The van der Waals surface area contributed by atoms with E-state index in [1.165, 1.54) is 0 Å². The number of ether oxygens (including phenoxy) is 1. The Kier molecular flexibility index (Phi) is 5.04. The van der Waals surface area contributed by atoms with Crippen molar-refractivity contribution < 1.29 is 14.3 Å². The molecule has 0 radical (unpaired) electrons. The lowest BCUT2D eigenvalue weighted by Gasteiger charge is -2.40. The van der Waals surface area contributed by atoms with Crippen LogP contribution in [0.1, 0.15) is 5.56 Å². The van der Waals surface area contributed by atoms with Crippen molar-refractivity contribution in [2.24, 2.45) is 0 Å². The summed E-state index contributed by atoms with van der Waals surface area (Å²) in [6.45, 7) is 1.59. The highest BCUT2D eigenvalue weighted by atomic mass is 35.5. The summed E-state index contributed by atoms with van der Waals surface area (Å²) in [6.07, 6.45) is 0. The molecule has 0 N–H and O–H groups in total. The van der Waals surface area contributed by atoms with E-state index < -0.39 is 16.0 Å². The Morgan fingerprint density at radius 3 is 2.00 bits per heavy atom. The van der Waals surface area contributed by atoms with Gasteiger partial charge in [-0.25, -0.2) is 0 Å². The molecule has 4 nitrogen and oxygen atoms in total. The fourth-order valence-electron chi connectivity index (χ4n) is 2.33. The molecule has 0 amide bonds. The summed E-state index contributed by atoms with van der Waals surface area (Å²) < 4.78 is 5.24. The summed E-state index contributed by atoms with van der Waals surface area (Å²) >= 11 is 17.3. The standard InChI is InChI=1S/C13H12Cl3NO3/c14-10-3-1-9(2-4-10)13(11(15)18,12(16)19)17-5-7-20-8-6-17/h1-4H,5-8H2. The van der Waals surface area contributed by atoms with Crippen LogP contribution in [0, 0.1) is 0 Å². The summed E-state index contributed by atoms with van der Waals surface area (Å²) in [4.78, 5) is 25.7. The summed E-state index contributed by atoms with van der Waals surface area (Å²) in [7, 11) is 0. The molecule has 0 unspecified atom stereocenters. The first-order valence-electron chi connectivity index (χ1n) is 5.98. The van der Waals surface area contributed by atoms with Crippen molar-refractivity contribution in [1.82, 2.24) is 4.90 Å². The van der Waals surface area contributed by atoms with Crippen molar-refractivity contribution in [3.05, 3.63) is 34.9 Å². The third-order valence-corrected chi connectivity index (χ3v) is 4.12. The first kappa shape index (κ1) is 15.7. The van der Waals surface area contributed by atoms with Crippen LogP contribution in [-0.2, 0) is 19.9 Å². The zero-order chi connectivity index (χ0) is 14.8. The fourth-order valence-corrected chi connectivity index (χ4v) is 3.13. The molecule has 0 saturated carbocycles. The number of hydrogen-bond donors (Lipinski definition) is 0. The zero-order valence-corrected chi connectivity index (χ0v) is 12.7. The third kappa shape index (κ3) is 2.71. The average Bonchev–Trinajstić information content (AvgIpc) is 2.42. The maximum absolute atomic E-state index is 12.0. The van der Waals surface area contributed by atoms with E-state index in [-0.39, 0.29) is 0 Å². The van der Waals surface area contributed by atoms with Crippen LogP contribution in [0.15, 0.2) is 24.3 Å². The molecule has 0 spiro atoms. The molecule has 1 aliphatic rings. The highest BCUT2D eigenvalue weighted by Gasteiger charge is 2.51. The van der Waals surface area contributed by atoms with Crippen molar-refractivity contribution in [1.29, 1.82) is 0 Å². The van der Waals surface area contributed by atoms with Gasteiger partial charge < -0.3 is 4.74 Å². The molecule has 0 aliphatic carbocycles. The number of morpholine rings is 1. The van der Waals surface area contributed by atoms with Crippen molar-refractivity contribution in [2.45, 2.75) is 5.54 Å². The quantitative estimate of drug-likeness (QED) is 0.626. The van der Waals surface area contributed by atoms with Gasteiger partial charge in [-0.05, 0) is 40.9 Å². The lowest BCUT2D eigenvalue weighted by atomic mass is 9.90. The van der Waals surface area contributed by atoms with Gasteiger partial charge in [0.2, 0.25) is 0 Å². The van der Waals surface area contributed by atoms with Gasteiger partial charge in [0.25, 0.3) is 10.5 Å². The Labute approximate surface area is 131 Å². The monoisotopic (exact) mass is 335 g/mol. The SMILES string of the molecule is O=C(Cl)C(C(=O)Cl)(c1ccc(Cl)cc1)N1CCOCC1. The molecule has 1 saturated heterocycles. The van der Waals surface area contributed by atoms with Crippen molar-refractivity contribution in [3.63, 3.8) is 0 Å². The van der Waals surface area contributed by atoms with Crippen LogP contribution in [0.4, 0.5) is 0 Å². The molecule has 1 aliphatic heterocycles. The summed E-state index contributed by atoms with van der Waals surface area (Å²) in [6, 6.07) is 6.34. The van der Waals surface area contributed by atoms with Crippen LogP contribution in [0.5, 0.6) is 0 Å². The van der Waals surface area contributed by atoms with Crippen molar-refractivity contribution >= 4 is 45.3 Å². The average molecular weight is 337 g/mol. The lowest BCUT2D eigenvalue weighted by Crippen LogP contribution is -2.58. The van der Waals surface area contributed by atoms with Gasteiger partial charge in [-0.1, -0.05) is 23.7 Å². The van der Waals surface area contributed by atoms with E-state index in [4.69, 9.17) is 39.5 Å². The fraction of sp³-hybridized carbons (Fsp3) is 0.385. The van der Waals surface area contributed by atoms with E-state index >= 15 is 0 Å². The second kappa shape index (κ2) is 6.41. The van der Waals surface area contributed by atoms with E-state index in [1.54, 1.807) is 29.2 Å². The van der Waals surface area contributed by atoms with E-state index in [0.29, 0.717) is 36.9 Å². The molecule has 1 heterocycles. The van der Waals surface area contributed by atoms with Crippen LogP contribution >= 0.6 is 34.8 Å². The molecule has 0 bridgehead atoms. The Bertz CT molecular complexity index is 498. The molecule has 20 heavy (non-hydrogen) atoms.